The molecule has 0 saturated heterocycles. The van der Waals surface area contributed by atoms with Crippen LogP contribution >= 0.6 is 0 Å². The van der Waals surface area contributed by atoms with Crippen molar-refractivity contribution in [2.75, 3.05) is 6.54 Å². The highest BCUT2D eigenvalue weighted by molar-refractivity contribution is 5.76. The smallest absolute Gasteiger partial charge is 0.220 e. The van der Waals surface area contributed by atoms with Crippen molar-refractivity contribution in [2.45, 2.75) is 130 Å². The van der Waals surface area contributed by atoms with E-state index in [9.17, 15) is 9.90 Å². The van der Waals surface area contributed by atoms with E-state index < -0.39 is 0 Å². The molecule has 0 fully saturated rings. The first-order chi connectivity index (χ1) is 13.0. The van der Waals surface area contributed by atoms with E-state index in [4.69, 9.17) is 0 Å². The summed E-state index contributed by atoms with van der Waals surface area (Å²) in [4.78, 5) is 12.1. The van der Waals surface area contributed by atoms with Crippen LogP contribution in [0.5, 0.6) is 0 Å². The lowest BCUT2D eigenvalue weighted by atomic mass is 9.91. The first kappa shape index (κ1) is 26.4. The van der Waals surface area contributed by atoms with E-state index in [2.05, 4.69) is 26.1 Å². The second-order valence-corrected chi connectivity index (χ2v) is 8.59. The molecule has 0 aliphatic carbocycles. The lowest BCUT2D eigenvalue weighted by Crippen LogP contribution is -2.29. The van der Waals surface area contributed by atoms with Gasteiger partial charge in [0.15, 0.2) is 0 Å². The molecule has 162 valence electrons. The number of unbranched alkanes of at least 4 members (excludes halogenated alkanes) is 6. The third-order valence-electron chi connectivity index (χ3n) is 5.81. The Kier molecular flexibility index (Phi) is 18.4. The zero-order valence-corrected chi connectivity index (χ0v) is 18.9. The first-order valence-electron chi connectivity index (χ1n) is 12.0. The summed E-state index contributed by atoms with van der Waals surface area (Å²) >= 11 is 0. The minimum atomic E-state index is -0.343. The molecule has 3 nitrogen and oxygen atoms in total. The van der Waals surface area contributed by atoms with Crippen LogP contribution < -0.4 is 5.32 Å². The highest BCUT2D eigenvalue weighted by Gasteiger charge is 2.17. The number of carbonyl (C=O) groups excluding carboxylic acids is 1. The van der Waals surface area contributed by atoms with Crippen molar-refractivity contribution in [1.29, 1.82) is 0 Å². The lowest BCUT2D eigenvalue weighted by molar-refractivity contribution is -0.122. The maximum Gasteiger partial charge on any atom is 0.220 e. The fourth-order valence-corrected chi connectivity index (χ4v) is 3.78. The Balaban J connectivity index is 3.86. The molecule has 0 aromatic carbocycles. The maximum absolute atomic E-state index is 12.1. The molecular weight excluding hydrogens is 334 g/mol. The second kappa shape index (κ2) is 18.8. The molecule has 0 rings (SSSR count). The largest absolute Gasteiger partial charge is 0.393 e. The quantitative estimate of drug-likeness (QED) is 0.246. The van der Waals surface area contributed by atoms with E-state index in [-0.39, 0.29) is 17.9 Å². The molecule has 2 unspecified atom stereocenters. The summed E-state index contributed by atoms with van der Waals surface area (Å²) in [5, 5.41) is 13.3. The van der Waals surface area contributed by atoms with Crippen molar-refractivity contribution in [3.8, 4) is 0 Å². The Bertz CT molecular complexity index is 324. The molecule has 0 saturated carbocycles. The molecule has 3 heteroatoms. The minimum Gasteiger partial charge on any atom is -0.393 e. The molecule has 0 aromatic rings. The average molecular weight is 384 g/mol. The van der Waals surface area contributed by atoms with E-state index in [1.54, 1.807) is 0 Å². The van der Waals surface area contributed by atoms with Gasteiger partial charge in [-0.25, -0.2) is 0 Å². The molecule has 1 amide bonds. The van der Waals surface area contributed by atoms with E-state index in [1.807, 2.05) is 6.92 Å². The maximum atomic E-state index is 12.1. The Labute approximate surface area is 170 Å². The van der Waals surface area contributed by atoms with Gasteiger partial charge in [-0.1, -0.05) is 98.3 Å². The van der Waals surface area contributed by atoms with Gasteiger partial charge in [-0.05, 0) is 31.1 Å². The Morgan fingerprint density at radius 2 is 1.33 bits per heavy atom. The third kappa shape index (κ3) is 16.1. The molecule has 2 N–H and O–H groups in total. The molecule has 27 heavy (non-hydrogen) atoms. The van der Waals surface area contributed by atoms with Crippen LogP contribution in [0.25, 0.3) is 0 Å². The molecule has 0 aliphatic rings. The Morgan fingerprint density at radius 1 is 0.778 bits per heavy atom. The van der Waals surface area contributed by atoms with Gasteiger partial charge in [0.2, 0.25) is 5.91 Å². The monoisotopic (exact) mass is 383 g/mol. The molecule has 0 bridgehead atoms. The normalized spacial score (nSPS) is 13.7. The van der Waals surface area contributed by atoms with Gasteiger partial charge in [0.25, 0.3) is 0 Å². The van der Waals surface area contributed by atoms with Crippen LogP contribution in [0.15, 0.2) is 0 Å². The minimum absolute atomic E-state index is 0.0537. The molecule has 0 radical (unpaired) electrons. The fraction of sp³-hybridized carbons (Fsp3) is 0.958. The topological polar surface area (TPSA) is 49.3 Å². The highest BCUT2D eigenvalue weighted by atomic mass is 16.3. The summed E-state index contributed by atoms with van der Waals surface area (Å²) in [7, 11) is 0. The van der Waals surface area contributed by atoms with Crippen molar-refractivity contribution in [2.24, 2.45) is 11.8 Å². The summed E-state index contributed by atoms with van der Waals surface area (Å²) in [6.45, 7) is 9.52. The summed E-state index contributed by atoms with van der Waals surface area (Å²) < 4.78 is 0. The van der Waals surface area contributed by atoms with Crippen LogP contribution in [0.2, 0.25) is 0 Å². The van der Waals surface area contributed by atoms with Crippen LogP contribution in [0.1, 0.15) is 124 Å². The molecule has 0 aliphatic heterocycles. The number of amides is 1. The number of hydrogen-bond donors (Lipinski definition) is 2. The summed E-state index contributed by atoms with van der Waals surface area (Å²) in [6.07, 6.45) is 17.2. The first-order valence-corrected chi connectivity index (χ1v) is 12.0. The molecular formula is C24H49NO2. The standard InChI is InChI=1S/C24H49NO2/c1-5-8-11-12-13-18-23(26)21(4)20-24(27)25-19-14-17-22(15-9-6-2)16-10-7-3/h21-23,26H,5-20H2,1-4H3,(H,25,27). The molecule has 0 spiro atoms. The zero-order chi connectivity index (χ0) is 20.3. The predicted molar refractivity (Wildman–Crippen MR) is 118 cm³/mol. The van der Waals surface area contributed by atoms with Crippen molar-refractivity contribution < 1.29 is 9.90 Å². The van der Waals surface area contributed by atoms with Crippen LogP contribution in [0.3, 0.4) is 0 Å². The van der Waals surface area contributed by atoms with E-state index >= 15 is 0 Å². The van der Waals surface area contributed by atoms with Crippen LogP contribution in [-0.4, -0.2) is 23.7 Å². The number of hydrogen-bond acceptors (Lipinski definition) is 2. The SMILES string of the molecule is CCCCCCCC(O)C(C)CC(=O)NCCCC(CCCC)CCCC. The Hall–Kier alpha value is -0.570. The molecule has 0 aromatic heterocycles. The van der Waals surface area contributed by atoms with Gasteiger partial charge < -0.3 is 10.4 Å². The molecule has 2 atom stereocenters. The van der Waals surface area contributed by atoms with Crippen molar-refractivity contribution in [1.82, 2.24) is 5.32 Å². The van der Waals surface area contributed by atoms with Crippen LogP contribution in [0.4, 0.5) is 0 Å². The number of aliphatic hydroxyl groups excluding tert-OH is 1. The van der Waals surface area contributed by atoms with Gasteiger partial charge in [-0.2, -0.15) is 0 Å². The average Bonchev–Trinajstić information content (AvgIpc) is 2.66. The second-order valence-electron chi connectivity index (χ2n) is 8.59. The Morgan fingerprint density at radius 3 is 1.93 bits per heavy atom. The molecule has 0 heterocycles. The number of nitrogens with one attached hydrogen (secondary N) is 1. The van der Waals surface area contributed by atoms with E-state index in [0.717, 1.165) is 31.7 Å². The predicted octanol–water partition coefficient (Wildman–Crippen LogP) is 6.63. The van der Waals surface area contributed by atoms with E-state index in [0.29, 0.717) is 6.42 Å². The van der Waals surface area contributed by atoms with Gasteiger partial charge in [-0.15, -0.1) is 0 Å². The van der Waals surface area contributed by atoms with Gasteiger partial charge in [0.1, 0.15) is 0 Å². The van der Waals surface area contributed by atoms with Gasteiger partial charge in [0, 0.05) is 13.0 Å². The van der Waals surface area contributed by atoms with Crippen molar-refractivity contribution >= 4 is 5.91 Å². The highest BCUT2D eigenvalue weighted by Crippen LogP contribution is 2.21. The van der Waals surface area contributed by atoms with Gasteiger partial charge in [-0.3, -0.25) is 4.79 Å². The summed E-state index contributed by atoms with van der Waals surface area (Å²) in [5.41, 5.74) is 0. The number of carbonyl (C=O) groups is 1. The van der Waals surface area contributed by atoms with Gasteiger partial charge in [0.05, 0.1) is 6.10 Å². The van der Waals surface area contributed by atoms with Crippen molar-refractivity contribution in [3.05, 3.63) is 0 Å². The number of aliphatic hydroxyl groups is 1. The lowest BCUT2D eigenvalue weighted by Gasteiger charge is -2.19. The van der Waals surface area contributed by atoms with Crippen molar-refractivity contribution in [3.63, 3.8) is 0 Å². The fourth-order valence-electron chi connectivity index (χ4n) is 3.78. The van der Waals surface area contributed by atoms with Gasteiger partial charge >= 0.3 is 0 Å². The number of rotatable bonds is 19. The van der Waals surface area contributed by atoms with Crippen LogP contribution in [-0.2, 0) is 4.79 Å². The van der Waals surface area contributed by atoms with Crippen LogP contribution in [0, 0.1) is 11.8 Å². The summed E-state index contributed by atoms with van der Waals surface area (Å²) in [6, 6.07) is 0. The zero-order valence-electron chi connectivity index (χ0n) is 18.9. The summed E-state index contributed by atoms with van der Waals surface area (Å²) in [5.74, 6) is 0.986. The van der Waals surface area contributed by atoms with E-state index in [1.165, 1.54) is 70.6 Å². The third-order valence-corrected chi connectivity index (χ3v) is 5.81.